The minimum absolute atomic E-state index is 0.0128. The lowest BCUT2D eigenvalue weighted by Gasteiger charge is -2.36. The third-order valence-corrected chi connectivity index (χ3v) is 9.91. The molecule has 150 valence electrons. The first-order valence-corrected chi connectivity index (χ1v) is 12.2. The number of aromatic nitrogens is 2. The van der Waals surface area contributed by atoms with Crippen molar-refractivity contribution < 1.29 is 9.22 Å². The molecule has 1 aromatic rings. The first-order chi connectivity index (χ1) is 12.3. The Hall–Kier alpha value is -1.80. The molecule has 0 saturated carbocycles. The lowest BCUT2D eigenvalue weighted by Crippen LogP contribution is -2.45. The van der Waals surface area contributed by atoms with Crippen LogP contribution in [0.4, 0.5) is 5.82 Å². The summed E-state index contributed by atoms with van der Waals surface area (Å²) in [5.41, 5.74) is -0.275. The van der Waals surface area contributed by atoms with Crippen molar-refractivity contribution in [2.24, 2.45) is 18.0 Å². The Balaban J connectivity index is 2.51. The third kappa shape index (κ3) is 4.21. The highest BCUT2D eigenvalue weighted by Crippen LogP contribution is 2.36. The summed E-state index contributed by atoms with van der Waals surface area (Å²) in [6, 6.07) is 0. The second-order valence-electron chi connectivity index (χ2n) is 9.16. The minimum atomic E-state index is -2.05. The Morgan fingerprint density at radius 1 is 1.19 bits per heavy atom. The molecule has 2 rings (SSSR count). The second-order valence-corrected chi connectivity index (χ2v) is 14.0. The predicted octanol–water partition coefficient (Wildman–Crippen LogP) is 2.42. The van der Waals surface area contributed by atoms with Crippen LogP contribution >= 0.6 is 0 Å². The molecule has 0 spiro atoms. The molecule has 1 aliphatic heterocycles. The molecule has 1 aromatic heterocycles. The predicted molar refractivity (Wildman–Crippen MR) is 110 cm³/mol. The van der Waals surface area contributed by atoms with E-state index in [1.165, 1.54) is 11.6 Å². The normalized spacial score (nSPS) is 15.1. The number of aliphatic imine (C=N–C) groups is 1. The number of ketones is 1. The summed E-state index contributed by atoms with van der Waals surface area (Å²) in [5, 5.41) is 0.0128. The van der Waals surface area contributed by atoms with E-state index in [0.29, 0.717) is 17.9 Å². The van der Waals surface area contributed by atoms with Gasteiger partial charge in [-0.05, 0) is 24.1 Å². The van der Waals surface area contributed by atoms with E-state index in [0.717, 1.165) is 4.57 Å². The lowest BCUT2D eigenvalue weighted by molar-refractivity contribution is -0.112. The van der Waals surface area contributed by atoms with Gasteiger partial charge in [0.15, 0.2) is 14.1 Å². The van der Waals surface area contributed by atoms with Gasteiger partial charge in [0.1, 0.15) is 11.5 Å². The van der Waals surface area contributed by atoms with Gasteiger partial charge in [-0.1, -0.05) is 34.6 Å². The number of nitrogens with zero attached hydrogens (tertiary/aromatic N) is 3. The maximum absolute atomic E-state index is 12.6. The highest BCUT2D eigenvalue weighted by atomic mass is 28.4. The van der Waals surface area contributed by atoms with Gasteiger partial charge in [-0.2, -0.15) is 0 Å². The van der Waals surface area contributed by atoms with Crippen LogP contribution in [0.3, 0.4) is 0 Å². The molecule has 8 heteroatoms. The zero-order valence-electron chi connectivity index (χ0n) is 17.7. The molecule has 0 radical (unpaired) electrons. The fourth-order valence-electron chi connectivity index (χ4n) is 2.66. The largest absolute Gasteiger partial charge is 0.411 e. The highest BCUT2D eigenvalue weighted by molar-refractivity contribution is 6.74. The molecule has 2 heterocycles. The van der Waals surface area contributed by atoms with Crippen molar-refractivity contribution in [2.45, 2.75) is 65.7 Å². The molecule has 0 aromatic carbocycles. The van der Waals surface area contributed by atoms with Crippen LogP contribution in [0.5, 0.6) is 0 Å². The maximum atomic E-state index is 12.6. The summed E-state index contributed by atoms with van der Waals surface area (Å²) in [5.74, 6) is 0.294. The summed E-state index contributed by atoms with van der Waals surface area (Å²) in [7, 11) is -0.611. The molecule has 27 heavy (non-hydrogen) atoms. The van der Waals surface area contributed by atoms with E-state index in [-0.39, 0.29) is 35.5 Å². The molecule has 0 saturated heterocycles. The van der Waals surface area contributed by atoms with Crippen LogP contribution in [-0.2, 0) is 29.2 Å². The van der Waals surface area contributed by atoms with E-state index in [4.69, 9.17) is 4.43 Å². The van der Waals surface area contributed by atoms with E-state index in [1.807, 2.05) is 13.8 Å². The number of hydrogen-bond acceptors (Lipinski definition) is 5. The smallest absolute Gasteiger partial charge is 0.332 e. The van der Waals surface area contributed by atoms with Gasteiger partial charge in [-0.3, -0.25) is 18.7 Å². The molecular formula is C19H31N3O4Si. The number of carbonyl (C=O) groups excluding carboxylic acids is 1. The Labute approximate surface area is 161 Å². The highest BCUT2D eigenvalue weighted by Gasteiger charge is 2.38. The molecule has 7 nitrogen and oxygen atoms in total. The number of fused-ring (bicyclic) bond motifs is 1. The van der Waals surface area contributed by atoms with Crippen LogP contribution in [0.25, 0.3) is 0 Å². The molecule has 0 atom stereocenters. The van der Waals surface area contributed by atoms with E-state index in [1.54, 1.807) is 0 Å². The van der Waals surface area contributed by atoms with Crippen molar-refractivity contribution in [3.8, 4) is 0 Å². The van der Waals surface area contributed by atoms with Crippen molar-refractivity contribution in [1.82, 2.24) is 9.13 Å². The number of Topliss-reactive ketones (excluding diaryl/α,β-unsaturated/α-hetero) is 1. The monoisotopic (exact) mass is 393 g/mol. The Kier molecular flexibility index (Phi) is 5.82. The van der Waals surface area contributed by atoms with Crippen LogP contribution < -0.4 is 11.2 Å². The summed E-state index contributed by atoms with van der Waals surface area (Å²) >= 11 is 0. The van der Waals surface area contributed by atoms with Crippen LogP contribution in [0.2, 0.25) is 18.1 Å². The summed E-state index contributed by atoms with van der Waals surface area (Å²) in [6.45, 7) is 15.1. The topological polar surface area (TPSA) is 82.7 Å². The first-order valence-electron chi connectivity index (χ1n) is 9.33. The van der Waals surface area contributed by atoms with E-state index < -0.39 is 19.6 Å². The number of hydrogen-bond donors (Lipinski definition) is 0. The van der Waals surface area contributed by atoms with Crippen LogP contribution in [-0.4, -0.2) is 35.6 Å². The van der Waals surface area contributed by atoms with Crippen molar-refractivity contribution >= 4 is 25.6 Å². The number of carbonyl (C=O) groups is 1. The fourth-order valence-corrected chi connectivity index (χ4v) is 3.59. The third-order valence-electron chi connectivity index (χ3n) is 5.43. The van der Waals surface area contributed by atoms with Crippen molar-refractivity contribution in [3.05, 3.63) is 26.4 Å². The van der Waals surface area contributed by atoms with Crippen LogP contribution in [0.1, 0.15) is 40.2 Å². The minimum Gasteiger partial charge on any atom is -0.411 e. The van der Waals surface area contributed by atoms with E-state index >= 15 is 0 Å². The van der Waals surface area contributed by atoms with Gasteiger partial charge in [0.05, 0.1) is 12.2 Å². The Morgan fingerprint density at radius 3 is 2.30 bits per heavy atom. The Bertz CT molecular complexity index is 901. The van der Waals surface area contributed by atoms with Gasteiger partial charge in [-0.25, -0.2) is 9.79 Å². The summed E-state index contributed by atoms with van der Waals surface area (Å²) < 4.78 is 8.70. The lowest BCUT2D eigenvalue weighted by atomic mass is 10.0. The fraction of sp³-hybridized carbons (Fsp3) is 0.684. The maximum Gasteiger partial charge on any atom is 0.332 e. The van der Waals surface area contributed by atoms with Gasteiger partial charge in [0.25, 0.3) is 5.56 Å². The molecular weight excluding hydrogens is 362 g/mol. The zero-order chi connectivity index (χ0) is 20.7. The van der Waals surface area contributed by atoms with Crippen LogP contribution in [0.15, 0.2) is 14.6 Å². The first kappa shape index (κ1) is 21.5. The second kappa shape index (κ2) is 7.31. The Morgan fingerprint density at radius 2 is 1.78 bits per heavy atom. The van der Waals surface area contributed by atoms with Gasteiger partial charge < -0.3 is 4.43 Å². The van der Waals surface area contributed by atoms with Crippen molar-refractivity contribution in [2.75, 3.05) is 6.61 Å². The summed E-state index contributed by atoms with van der Waals surface area (Å²) in [4.78, 5) is 42.1. The van der Waals surface area contributed by atoms with E-state index in [9.17, 15) is 14.4 Å². The van der Waals surface area contributed by atoms with Gasteiger partial charge >= 0.3 is 5.69 Å². The molecule has 0 amide bonds. The summed E-state index contributed by atoms with van der Waals surface area (Å²) in [6.07, 6.45) is -0.0416. The van der Waals surface area contributed by atoms with Crippen molar-refractivity contribution in [1.29, 1.82) is 0 Å². The van der Waals surface area contributed by atoms with Gasteiger partial charge in [-0.15, -0.1) is 0 Å². The molecule has 0 N–H and O–H groups in total. The molecule has 0 aliphatic carbocycles. The molecule has 0 bridgehead atoms. The van der Waals surface area contributed by atoms with Gasteiger partial charge in [0, 0.05) is 20.0 Å². The molecule has 1 aliphatic rings. The van der Waals surface area contributed by atoms with Crippen molar-refractivity contribution in [3.63, 3.8) is 0 Å². The molecule has 0 unspecified atom stereocenters. The number of rotatable bonds is 5. The standard InChI is InChI=1S/C19H31N3O4Si/c1-12(2)10-22-16-13(17(24)21(6)18(22)25)9-15(23)14(20-16)11-26-27(7,8)19(3,4)5/h12H,9-11H2,1-8H3. The van der Waals surface area contributed by atoms with Crippen LogP contribution in [0, 0.1) is 5.92 Å². The SMILES string of the molecule is CC(C)Cn1c2c(c(=O)n(C)c1=O)CC(=O)C(CO[Si](C)(C)C(C)(C)C)=N2. The average molecular weight is 394 g/mol. The molecule has 0 fully saturated rings. The zero-order valence-corrected chi connectivity index (χ0v) is 18.7. The average Bonchev–Trinajstić information content (AvgIpc) is 2.54. The quantitative estimate of drug-likeness (QED) is 0.719. The van der Waals surface area contributed by atoms with Gasteiger partial charge in [0.2, 0.25) is 0 Å². The van der Waals surface area contributed by atoms with E-state index in [2.05, 4.69) is 38.9 Å².